The zero-order valence-electron chi connectivity index (χ0n) is 16.7. The zero-order chi connectivity index (χ0) is 19.7. The molecule has 7 heteroatoms. The fourth-order valence-electron chi connectivity index (χ4n) is 2.83. The summed E-state index contributed by atoms with van der Waals surface area (Å²) in [4.78, 5) is 26.7. The number of methoxy groups -OCH3 is 1. The second-order valence-corrected chi connectivity index (χ2v) is 7.36. The number of rotatable bonds is 5. The maximum atomic E-state index is 12.7. The fraction of sp³-hybridized carbons (Fsp3) is 0.579. The molecule has 1 aromatic carbocycles. The molecule has 6 nitrogen and oxygen atoms in total. The molecule has 1 amide bonds. The van der Waals surface area contributed by atoms with Crippen LogP contribution in [0, 0.1) is 0 Å². The van der Waals surface area contributed by atoms with Crippen molar-refractivity contribution in [2.75, 3.05) is 20.2 Å². The number of nitrogens with zero attached hydrogens (tertiary/aromatic N) is 1. The molecule has 0 atom stereocenters. The van der Waals surface area contributed by atoms with Crippen molar-refractivity contribution in [2.24, 2.45) is 0 Å². The number of ether oxygens (including phenoxy) is 1. The summed E-state index contributed by atoms with van der Waals surface area (Å²) in [6.45, 7) is 12.8. The number of hydrogen-bond acceptors (Lipinski definition) is 5. The smallest absolute Gasteiger partial charge is 0.465 e. The van der Waals surface area contributed by atoms with Gasteiger partial charge in [0.15, 0.2) is 0 Å². The van der Waals surface area contributed by atoms with Gasteiger partial charge in [0.25, 0.3) is 5.91 Å². The third-order valence-corrected chi connectivity index (χ3v) is 5.26. The van der Waals surface area contributed by atoms with E-state index in [9.17, 15) is 9.59 Å². The van der Waals surface area contributed by atoms with Crippen LogP contribution in [0.4, 0.5) is 0 Å². The summed E-state index contributed by atoms with van der Waals surface area (Å²) in [5.41, 5.74) is 0.245. The quantitative estimate of drug-likeness (QED) is 0.595. The molecule has 1 aromatic rings. The molecule has 0 radical (unpaired) electrons. The van der Waals surface area contributed by atoms with Crippen molar-refractivity contribution < 1.29 is 23.6 Å². The number of amides is 1. The van der Waals surface area contributed by atoms with E-state index in [1.54, 1.807) is 23.1 Å². The lowest BCUT2D eigenvalue weighted by molar-refractivity contribution is 0.00578. The SMILES string of the molecule is CCN(CC)C(=O)c1ccc(B2OC(C)(C)C(C)(C)O2)cc1C(=O)OC. The minimum Gasteiger partial charge on any atom is -0.465 e. The second kappa shape index (κ2) is 7.41. The van der Waals surface area contributed by atoms with Gasteiger partial charge in [-0.05, 0) is 59.1 Å². The van der Waals surface area contributed by atoms with Gasteiger partial charge in [-0.15, -0.1) is 0 Å². The Balaban J connectivity index is 2.44. The molecule has 0 N–H and O–H groups in total. The molecule has 1 saturated heterocycles. The highest BCUT2D eigenvalue weighted by molar-refractivity contribution is 6.62. The highest BCUT2D eigenvalue weighted by Gasteiger charge is 2.51. The molecule has 0 bridgehead atoms. The summed E-state index contributed by atoms with van der Waals surface area (Å²) in [7, 11) is 0.691. The first-order valence-electron chi connectivity index (χ1n) is 8.95. The molecule has 0 aliphatic carbocycles. The van der Waals surface area contributed by atoms with E-state index in [1.807, 2.05) is 41.5 Å². The Morgan fingerprint density at radius 2 is 1.58 bits per heavy atom. The van der Waals surface area contributed by atoms with Gasteiger partial charge < -0.3 is 18.9 Å². The van der Waals surface area contributed by atoms with Crippen LogP contribution < -0.4 is 5.46 Å². The van der Waals surface area contributed by atoms with Gasteiger partial charge in [0.1, 0.15) is 0 Å². The molecule has 0 spiro atoms. The highest BCUT2D eigenvalue weighted by Crippen LogP contribution is 2.36. The molecule has 1 aliphatic rings. The van der Waals surface area contributed by atoms with Gasteiger partial charge in [-0.2, -0.15) is 0 Å². The van der Waals surface area contributed by atoms with Crippen LogP contribution in [0.1, 0.15) is 62.3 Å². The van der Waals surface area contributed by atoms with Crippen LogP contribution in [-0.2, 0) is 14.0 Å². The summed E-state index contributed by atoms with van der Waals surface area (Å²) >= 11 is 0. The van der Waals surface area contributed by atoms with Crippen molar-refractivity contribution >= 4 is 24.5 Å². The van der Waals surface area contributed by atoms with Crippen LogP contribution in [-0.4, -0.2) is 55.3 Å². The standard InChI is InChI=1S/C19H28BNO5/c1-8-21(9-2)16(22)14-11-10-13(12-15(14)17(23)24-7)20-25-18(3,4)19(5,6)26-20/h10-12H,8-9H2,1-7H3. The Bertz CT molecular complexity index is 681. The molecular weight excluding hydrogens is 333 g/mol. The van der Waals surface area contributed by atoms with Crippen molar-refractivity contribution in [1.82, 2.24) is 4.90 Å². The maximum Gasteiger partial charge on any atom is 0.494 e. The third kappa shape index (κ3) is 3.64. The Hall–Kier alpha value is -1.86. The van der Waals surface area contributed by atoms with Gasteiger partial charge in [-0.1, -0.05) is 6.07 Å². The van der Waals surface area contributed by atoms with Crippen molar-refractivity contribution in [3.63, 3.8) is 0 Å². The van der Waals surface area contributed by atoms with Crippen molar-refractivity contribution in [3.05, 3.63) is 29.3 Å². The summed E-state index contributed by atoms with van der Waals surface area (Å²) in [5.74, 6) is -0.755. The predicted molar refractivity (Wildman–Crippen MR) is 101 cm³/mol. The second-order valence-electron chi connectivity index (χ2n) is 7.36. The van der Waals surface area contributed by atoms with Gasteiger partial charge >= 0.3 is 13.1 Å². The largest absolute Gasteiger partial charge is 0.494 e. The number of carbonyl (C=O) groups is 2. The van der Waals surface area contributed by atoms with E-state index in [0.29, 0.717) is 24.1 Å². The topological polar surface area (TPSA) is 65.1 Å². The summed E-state index contributed by atoms with van der Waals surface area (Å²) in [6, 6.07) is 5.04. The van der Waals surface area contributed by atoms with Crippen LogP contribution in [0.25, 0.3) is 0 Å². The van der Waals surface area contributed by atoms with Gasteiger partial charge in [0.05, 0.1) is 29.4 Å². The van der Waals surface area contributed by atoms with Crippen LogP contribution in [0.15, 0.2) is 18.2 Å². The highest BCUT2D eigenvalue weighted by atomic mass is 16.7. The van der Waals surface area contributed by atoms with Gasteiger partial charge in [0.2, 0.25) is 0 Å². The van der Waals surface area contributed by atoms with E-state index in [4.69, 9.17) is 14.0 Å². The molecule has 0 unspecified atom stereocenters. The van der Waals surface area contributed by atoms with Crippen molar-refractivity contribution in [3.8, 4) is 0 Å². The lowest BCUT2D eigenvalue weighted by Gasteiger charge is -2.32. The number of carbonyl (C=O) groups excluding carboxylic acids is 2. The molecule has 1 heterocycles. The maximum absolute atomic E-state index is 12.7. The molecule has 142 valence electrons. The average molecular weight is 361 g/mol. The molecule has 1 fully saturated rings. The fourth-order valence-corrected chi connectivity index (χ4v) is 2.83. The van der Waals surface area contributed by atoms with Crippen LogP contribution >= 0.6 is 0 Å². The van der Waals surface area contributed by atoms with E-state index >= 15 is 0 Å². The zero-order valence-corrected chi connectivity index (χ0v) is 16.7. The first-order valence-corrected chi connectivity index (χ1v) is 8.95. The minimum atomic E-state index is -0.610. The van der Waals surface area contributed by atoms with Gasteiger partial charge in [0, 0.05) is 13.1 Å². The van der Waals surface area contributed by atoms with E-state index in [1.165, 1.54) is 7.11 Å². The van der Waals surface area contributed by atoms with Crippen LogP contribution in [0.5, 0.6) is 0 Å². The first kappa shape index (κ1) is 20.5. The van der Waals surface area contributed by atoms with Gasteiger partial charge in [-0.25, -0.2) is 4.79 Å². The minimum absolute atomic E-state index is 0.198. The summed E-state index contributed by atoms with van der Waals surface area (Å²) in [5, 5.41) is 0. The third-order valence-electron chi connectivity index (χ3n) is 5.26. The van der Waals surface area contributed by atoms with E-state index in [2.05, 4.69) is 0 Å². The molecule has 1 aliphatic heterocycles. The van der Waals surface area contributed by atoms with E-state index < -0.39 is 24.3 Å². The van der Waals surface area contributed by atoms with Crippen molar-refractivity contribution in [1.29, 1.82) is 0 Å². The molecular formula is C19H28BNO5. The number of esters is 1. The van der Waals surface area contributed by atoms with E-state index in [-0.39, 0.29) is 11.5 Å². The predicted octanol–water partition coefficient (Wildman–Crippen LogP) is 2.25. The monoisotopic (exact) mass is 361 g/mol. The average Bonchev–Trinajstić information content (AvgIpc) is 2.82. The molecule has 0 saturated carbocycles. The number of hydrogen-bond donors (Lipinski definition) is 0. The normalized spacial score (nSPS) is 17.9. The lowest BCUT2D eigenvalue weighted by atomic mass is 9.77. The molecule has 0 aromatic heterocycles. The summed E-state index contributed by atoms with van der Waals surface area (Å²) in [6.07, 6.45) is 0. The van der Waals surface area contributed by atoms with Crippen molar-refractivity contribution in [2.45, 2.75) is 52.7 Å². The number of benzene rings is 1. The Labute approximate surface area is 155 Å². The Kier molecular flexibility index (Phi) is 5.83. The van der Waals surface area contributed by atoms with Crippen LogP contribution in [0.2, 0.25) is 0 Å². The van der Waals surface area contributed by atoms with Crippen LogP contribution in [0.3, 0.4) is 0 Å². The van der Waals surface area contributed by atoms with Gasteiger partial charge in [-0.3, -0.25) is 4.79 Å². The lowest BCUT2D eigenvalue weighted by Crippen LogP contribution is -2.41. The molecule has 26 heavy (non-hydrogen) atoms. The summed E-state index contributed by atoms with van der Waals surface area (Å²) < 4.78 is 17.0. The Morgan fingerprint density at radius 1 is 1.04 bits per heavy atom. The molecule has 2 rings (SSSR count). The Morgan fingerprint density at radius 3 is 2.04 bits per heavy atom. The van der Waals surface area contributed by atoms with E-state index in [0.717, 1.165) is 0 Å². The first-order chi connectivity index (χ1) is 12.1.